The second-order valence-electron chi connectivity index (χ2n) is 9.52. The lowest BCUT2D eigenvalue weighted by Gasteiger charge is -2.54. The summed E-state index contributed by atoms with van der Waals surface area (Å²) >= 11 is 0. The minimum absolute atomic E-state index is 0.449. The van der Waals surface area contributed by atoms with Gasteiger partial charge in [0, 0.05) is 0 Å². The van der Waals surface area contributed by atoms with Gasteiger partial charge in [-0.25, -0.2) is 0 Å². The van der Waals surface area contributed by atoms with Crippen molar-refractivity contribution in [1.82, 2.24) is 0 Å². The standard InChI is InChI=1S/C17H34B2/c1-7-9-14(2,3)17(18,19)13-11-12-8-10-16(13,6)15(12,4)5/h12-13H,7-11,18-19H2,1-6H3. The molecule has 2 heteroatoms. The van der Waals surface area contributed by atoms with Crippen molar-refractivity contribution >= 4 is 15.7 Å². The Morgan fingerprint density at radius 1 is 1.16 bits per heavy atom. The van der Waals surface area contributed by atoms with Crippen LogP contribution in [0.15, 0.2) is 0 Å². The Hall–Kier alpha value is 0.130. The van der Waals surface area contributed by atoms with E-state index in [9.17, 15) is 0 Å². The van der Waals surface area contributed by atoms with E-state index in [1.165, 1.54) is 32.1 Å². The van der Waals surface area contributed by atoms with Gasteiger partial charge in [0.15, 0.2) is 0 Å². The Kier molecular flexibility index (Phi) is 3.52. The van der Waals surface area contributed by atoms with E-state index in [0.717, 1.165) is 11.8 Å². The molecule has 2 aliphatic carbocycles. The van der Waals surface area contributed by atoms with Gasteiger partial charge in [-0.3, -0.25) is 0 Å². The molecule has 108 valence electrons. The quantitative estimate of drug-likeness (QED) is 0.677. The highest BCUT2D eigenvalue weighted by molar-refractivity contribution is 6.40. The van der Waals surface area contributed by atoms with Crippen LogP contribution in [0.4, 0.5) is 0 Å². The lowest BCUT2D eigenvalue weighted by atomic mass is 9.34. The number of rotatable bonds is 4. The molecule has 0 heterocycles. The fourth-order valence-electron chi connectivity index (χ4n) is 5.71. The summed E-state index contributed by atoms with van der Waals surface area (Å²) in [4.78, 5) is 0. The summed E-state index contributed by atoms with van der Waals surface area (Å²) in [5.74, 6) is 1.87. The summed E-state index contributed by atoms with van der Waals surface area (Å²) in [6, 6.07) is 0. The zero-order chi connectivity index (χ0) is 14.7. The smallest absolute Gasteiger partial charge is 0.0764 e. The maximum Gasteiger partial charge on any atom is 0.100 e. The van der Waals surface area contributed by atoms with Crippen LogP contribution < -0.4 is 0 Å². The highest BCUT2D eigenvalue weighted by Crippen LogP contribution is 2.74. The molecule has 2 saturated carbocycles. The molecule has 19 heavy (non-hydrogen) atoms. The van der Waals surface area contributed by atoms with Gasteiger partial charge >= 0.3 is 0 Å². The van der Waals surface area contributed by atoms with Gasteiger partial charge in [0.1, 0.15) is 15.7 Å². The highest BCUT2D eigenvalue weighted by Gasteiger charge is 2.65. The molecule has 0 N–H and O–H groups in total. The van der Waals surface area contributed by atoms with Crippen molar-refractivity contribution in [3.63, 3.8) is 0 Å². The van der Waals surface area contributed by atoms with Crippen molar-refractivity contribution in [2.75, 3.05) is 0 Å². The first kappa shape index (κ1) is 15.5. The van der Waals surface area contributed by atoms with Crippen molar-refractivity contribution in [1.29, 1.82) is 0 Å². The third kappa shape index (κ3) is 1.88. The van der Waals surface area contributed by atoms with Crippen LogP contribution in [-0.4, -0.2) is 15.7 Å². The van der Waals surface area contributed by atoms with Crippen LogP contribution in [0.25, 0.3) is 0 Å². The van der Waals surface area contributed by atoms with Crippen molar-refractivity contribution in [3.05, 3.63) is 0 Å². The molecule has 0 aromatic carbocycles. The van der Waals surface area contributed by atoms with Gasteiger partial charge in [-0.05, 0) is 53.8 Å². The minimum atomic E-state index is 0.449. The third-order valence-corrected chi connectivity index (χ3v) is 8.28. The Morgan fingerprint density at radius 2 is 1.74 bits per heavy atom. The van der Waals surface area contributed by atoms with Gasteiger partial charge < -0.3 is 0 Å². The van der Waals surface area contributed by atoms with Gasteiger partial charge in [-0.1, -0.05) is 53.2 Å². The van der Waals surface area contributed by atoms with Crippen LogP contribution in [0.3, 0.4) is 0 Å². The number of fused-ring (bicyclic) bond motifs is 2. The largest absolute Gasteiger partial charge is 0.100 e. The van der Waals surface area contributed by atoms with Crippen LogP contribution in [0.2, 0.25) is 5.21 Å². The van der Waals surface area contributed by atoms with Crippen LogP contribution in [0.1, 0.15) is 73.6 Å². The fourth-order valence-corrected chi connectivity index (χ4v) is 5.71. The second-order valence-corrected chi connectivity index (χ2v) is 9.52. The van der Waals surface area contributed by atoms with Crippen LogP contribution >= 0.6 is 0 Å². The molecule has 0 aromatic rings. The minimum Gasteiger partial charge on any atom is -0.0764 e. The van der Waals surface area contributed by atoms with Gasteiger partial charge in [0.05, 0.1) is 0 Å². The molecule has 3 unspecified atom stereocenters. The van der Waals surface area contributed by atoms with Crippen LogP contribution in [-0.2, 0) is 0 Å². The monoisotopic (exact) mass is 260 g/mol. The summed E-state index contributed by atoms with van der Waals surface area (Å²) in [5, 5.41) is 0.449. The molecule has 2 aliphatic rings. The molecule has 0 aliphatic heterocycles. The molecule has 0 amide bonds. The normalized spacial score (nSPS) is 37.8. The summed E-state index contributed by atoms with van der Waals surface area (Å²) in [6.07, 6.45) is 7.08. The first-order chi connectivity index (χ1) is 8.50. The van der Waals surface area contributed by atoms with E-state index in [4.69, 9.17) is 0 Å². The van der Waals surface area contributed by atoms with E-state index in [1.54, 1.807) is 0 Å². The number of hydrogen-bond acceptors (Lipinski definition) is 0. The summed E-state index contributed by atoms with van der Waals surface area (Å²) in [7, 11) is 5.13. The molecule has 0 spiro atoms. The summed E-state index contributed by atoms with van der Waals surface area (Å²) in [6.45, 7) is 15.1. The molecule has 0 aromatic heterocycles. The third-order valence-electron chi connectivity index (χ3n) is 8.28. The summed E-state index contributed by atoms with van der Waals surface area (Å²) < 4.78 is 0. The highest BCUT2D eigenvalue weighted by atomic mass is 14.7. The molecular formula is C17H34B2. The molecule has 2 fully saturated rings. The first-order valence-electron chi connectivity index (χ1n) is 8.50. The van der Waals surface area contributed by atoms with Gasteiger partial charge in [0.25, 0.3) is 0 Å². The van der Waals surface area contributed by atoms with E-state index in [1.807, 2.05) is 0 Å². The number of hydrogen-bond donors (Lipinski definition) is 0. The SMILES string of the molecule is BC(B)(C1CC2CCC1(C)C2(C)C)C(C)(C)CCC. The summed E-state index contributed by atoms with van der Waals surface area (Å²) in [5.41, 5.74) is 1.57. The molecule has 2 bridgehead atoms. The fraction of sp³-hybridized carbons (Fsp3) is 1.00. The zero-order valence-electron chi connectivity index (χ0n) is 14.7. The zero-order valence-corrected chi connectivity index (χ0v) is 14.7. The van der Waals surface area contributed by atoms with Crippen molar-refractivity contribution < 1.29 is 0 Å². The average Bonchev–Trinajstić information content (AvgIpc) is 2.60. The Labute approximate surface area is 123 Å². The topological polar surface area (TPSA) is 0 Å². The van der Waals surface area contributed by atoms with E-state index < -0.39 is 0 Å². The Bertz CT molecular complexity index is 356. The van der Waals surface area contributed by atoms with Crippen LogP contribution in [0, 0.1) is 28.1 Å². The Balaban J connectivity index is 2.34. The maximum absolute atomic E-state index is 2.61. The van der Waals surface area contributed by atoms with Crippen LogP contribution in [0.5, 0.6) is 0 Å². The van der Waals surface area contributed by atoms with E-state index in [-0.39, 0.29) is 0 Å². The maximum atomic E-state index is 2.61. The molecule has 2 rings (SSSR count). The predicted octanol–water partition coefficient (Wildman–Crippen LogP) is 3.66. The van der Waals surface area contributed by atoms with Crippen molar-refractivity contribution in [2.24, 2.45) is 28.1 Å². The predicted molar refractivity (Wildman–Crippen MR) is 91.2 cm³/mol. The Morgan fingerprint density at radius 3 is 2.11 bits per heavy atom. The molecule has 0 saturated heterocycles. The molecular weight excluding hydrogens is 226 g/mol. The van der Waals surface area contributed by atoms with Gasteiger partial charge in [0.2, 0.25) is 0 Å². The molecule has 3 atom stereocenters. The average molecular weight is 260 g/mol. The van der Waals surface area contributed by atoms with E-state index >= 15 is 0 Å². The van der Waals surface area contributed by atoms with Gasteiger partial charge in [-0.2, -0.15) is 0 Å². The van der Waals surface area contributed by atoms with Crippen molar-refractivity contribution in [3.8, 4) is 0 Å². The van der Waals surface area contributed by atoms with Gasteiger partial charge in [-0.15, -0.1) is 0 Å². The lowest BCUT2D eigenvalue weighted by molar-refractivity contribution is 0.0573. The van der Waals surface area contributed by atoms with E-state index in [0.29, 0.717) is 21.5 Å². The molecule has 0 nitrogen and oxygen atoms in total. The molecule has 0 radical (unpaired) electrons. The van der Waals surface area contributed by atoms with Crippen molar-refractivity contribution in [2.45, 2.75) is 78.9 Å². The second kappa shape index (κ2) is 4.31. The lowest BCUT2D eigenvalue weighted by Crippen LogP contribution is -2.46. The van der Waals surface area contributed by atoms with E-state index in [2.05, 4.69) is 57.2 Å². The first-order valence-corrected chi connectivity index (χ1v) is 8.50.